The molecule has 2 aromatic carbocycles. The van der Waals surface area contributed by atoms with Crippen LogP contribution in [-0.2, 0) is 11.2 Å². The van der Waals surface area contributed by atoms with Gasteiger partial charge < -0.3 is 20.3 Å². The Bertz CT molecular complexity index is 668. The Morgan fingerprint density at radius 3 is 2.58 bits per heavy atom. The van der Waals surface area contributed by atoms with Gasteiger partial charge in [0, 0.05) is 57.1 Å². The van der Waals surface area contributed by atoms with E-state index in [4.69, 9.17) is 4.74 Å². The molecule has 140 valence electrons. The summed E-state index contributed by atoms with van der Waals surface area (Å²) in [6.45, 7) is 8.14. The minimum absolute atomic E-state index is 0.346. The predicted molar refractivity (Wildman–Crippen MR) is 110 cm³/mol. The predicted octanol–water partition coefficient (Wildman–Crippen LogP) is 3.50. The number of benzene rings is 2. The molecule has 4 heteroatoms. The van der Waals surface area contributed by atoms with Gasteiger partial charge in [0.1, 0.15) is 0 Å². The average molecular weight is 354 g/mol. The molecule has 0 aliphatic carbocycles. The van der Waals surface area contributed by atoms with Crippen LogP contribution < -0.4 is 15.5 Å². The molecule has 1 aliphatic rings. The van der Waals surface area contributed by atoms with Crippen LogP contribution in [0, 0.1) is 0 Å². The number of piperazine rings is 1. The summed E-state index contributed by atoms with van der Waals surface area (Å²) in [6.07, 6.45) is 1.05. The summed E-state index contributed by atoms with van der Waals surface area (Å²) in [4.78, 5) is 2.50. The molecule has 1 heterocycles. The Morgan fingerprint density at radius 1 is 1.12 bits per heavy atom. The zero-order valence-corrected chi connectivity index (χ0v) is 16.0. The topological polar surface area (TPSA) is 36.5 Å². The first-order chi connectivity index (χ1) is 12.8. The van der Waals surface area contributed by atoms with Gasteiger partial charge in [0.05, 0.1) is 6.61 Å². The number of rotatable bonds is 8. The third-order valence-corrected chi connectivity index (χ3v) is 5.11. The number of ether oxygens (including phenoxy) is 1. The Morgan fingerprint density at radius 2 is 1.88 bits per heavy atom. The van der Waals surface area contributed by atoms with E-state index in [1.165, 1.54) is 22.5 Å². The Balaban J connectivity index is 1.68. The molecule has 0 aromatic heterocycles. The van der Waals surface area contributed by atoms with Crippen molar-refractivity contribution in [2.24, 2.45) is 0 Å². The van der Waals surface area contributed by atoms with Crippen LogP contribution in [0.1, 0.15) is 24.0 Å². The van der Waals surface area contributed by atoms with E-state index in [1.54, 1.807) is 7.11 Å². The molecule has 1 aliphatic heterocycles. The highest BCUT2D eigenvalue weighted by Crippen LogP contribution is 2.26. The van der Waals surface area contributed by atoms with Gasteiger partial charge in [-0.15, -0.1) is 0 Å². The van der Waals surface area contributed by atoms with Crippen molar-refractivity contribution in [1.82, 2.24) is 5.32 Å². The summed E-state index contributed by atoms with van der Waals surface area (Å²) in [5.41, 5.74) is 5.31. The van der Waals surface area contributed by atoms with Crippen molar-refractivity contribution in [3.05, 3.63) is 59.7 Å². The molecule has 1 unspecified atom stereocenters. The van der Waals surface area contributed by atoms with Crippen molar-refractivity contribution in [2.75, 3.05) is 56.7 Å². The first-order valence-electron chi connectivity index (χ1n) is 9.68. The molecule has 2 aromatic rings. The fourth-order valence-corrected chi connectivity index (χ4v) is 3.63. The number of nitrogens with one attached hydrogen (secondary N) is 2. The Labute approximate surface area is 157 Å². The van der Waals surface area contributed by atoms with Gasteiger partial charge in [0.2, 0.25) is 0 Å². The van der Waals surface area contributed by atoms with Crippen LogP contribution >= 0.6 is 0 Å². The minimum Gasteiger partial charge on any atom is -0.384 e. The molecule has 0 radical (unpaired) electrons. The van der Waals surface area contributed by atoms with E-state index >= 15 is 0 Å². The largest absolute Gasteiger partial charge is 0.384 e. The second kappa shape index (κ2) is 9.60. The molecule has 0 saturated carbocycles. The highest BCUT2D eigenvalue weighted by Gasteiger charge is 2.15. The molecule has 0 amide bonds. The number of aryl methyl sites for hydroxylation is 1. The summed E-state index contributed by atoms with van der Waals surface area (Å²) in [5.74, 6) is 0.346. The van der Waals surface area contributed by atoms with Gasteiger partial charge in [-0.05, 0) is 35.7 Å². The van der Waals surface area contributed by atoms with Crippen LogP contribution in [0.3, 0.4) is 0 Å². The molecular formula is C22H31N3O. The van der Waals surface area contributed by atoms with Crippen LogP contribution in [0.5, 0.6) is 0 Å². The van der Waals surface area contributed by atoms with Crippen molar-refractivity contribution in [3.63, 3.8) is 0 Å². The number of nitrogens with zero attached hydrogens (tertiary/aromatic N) is 1. The fourth-order valence-electron chi connectivity index (χ4n) is 3.63. The SMILES string of the molecule is CCc1cc(NCC(COC)c2ccccc2)ccc1N1CCNCC1. The molecule has 0 bridgehead atoms. The lowest BCUT2D eigenvalue weighted by Crippen LogP contribution is -2.43. The van der Waals surface area contributed by atoms with E-state index in [-0.39, 0.29) is 0 Å². The number of anilines is 2. The molecule has 3 rings (SSSR count). The van der Waals surface area contributed by atoms with Crippen LogP contribution in [0.2, 0.25) is 0 Å². The average Bonchev–Trinajstić information content (AvgIpc) is 2.72. The monoisotopic (exact) mass is 353 g/mol. The van der Waals surface area contributed by atoms with Crippen LogP contribution in [0.15, 0.2) is 48.5 Å². The third-order valence-electron chi connectivity index (χ3n) is 5.11. The maximum Gasteiger partial charge on any atom is 0.0547 e. The highest BCUT2D eigenvalue weighted by atomic mass is 16.5. The summed E-state index contributed by atoms with van der Waals surface area (Å²) in [5, 5.41) is 7.05. The van der Waals surface area contributed by atoms with Crippen molar-refractivity contribution in [1.29, 1.82) is 0 Å². The molecule has 2 N–H and O–H groups in total. The van der Waals surface area contributed by atoms with Gasteiger partial charge in [0.15, 0.2) is 0 Å². The molecule has 4 nitrogen and oxygen atoms in total. The van der Waals surface area contributed by atoms with Crippen molar-refractivity contribution in [2.45, 2.75) is 19.3 Å². The van der Waals surface area contributed by atoms with E-state index in [0.29, 0.717) is 5.92 Å². The molecule has 1 fully saturated rings. The lowest BCUT2D eigenvalue weighted by atomic mass is 9.99. The van der Waals surface area contributed by atoms with Gasteiger partial charge in [-0.1, -0.05) is 37.3 Å². The Hall–Kier alpha value is -2.04. The van der Waals surface area contributed by atoms with Crippen molar-refractivity contribution < 1.29 is 4.74 Å². The summed E-state index contributed by atoms with van der Waals surface area (Å²) < 4.78 is 5.44. The van der Waals surface area contributed by atoms with Gasteiger partial charge in [-0.2, -0.15) is 0 Å². The lowest BCUT2D eigenvalue weighted by molar-refractivity contribution is 0.182. The number of hydrogen-bond donors (Lipinski definition) is 2. The number of methoxy groups -OCH3 is 1. The summed E-state index contributed by atoms with van der Waals surface area (Å²) >= 11 is 0. The second-order valence-corrected chi connectivity index (χ2v) is 6.88. The standard InChI is InChI=1S/C22H31N3O/c1-3-18-15-21(9-10-22(18)25-13-11-23-12-14-25)24-16-20(17-26-2)19-7-5-4-6-8-19/h4-10,15,20,23-24H,3,11-14,16-17H2,1-2H3. The summed E-state index contributed by atoms with van der Waals surface area (Å²) in [7, 11) is 1.77. The lowest BCUT2D eigenvalue weighted by Gasteiger charge is -2.31. The quantitative estimate of drug-likeness (QED) is 0.762. The van der Waals surface area contributed by atoms with Gasteiger partial charge >= 0.3 is 0 Å². The maximum atomic E-state index is 5.44. The van der Waals surface area contributed by atoms with E-state index in [2.05, 4.69) is 71.0 Å². The smallest absolute Gasteiger partial charge is 0.0547 e. The summed E-state index contributed by atoms with van der Waals surface area (Å²) in [6, 6.07) is 17.4. The highest BCUT2D eigenvalue weighted by molar-refractivity contribution is 5.61. The molecule has 26 heavy (non-hydrogen) atoms. The van der Waals surface area contributed by atoms with E-state index in [9.17, 15) is 0 Å². The molecule has 0 spiro atoms. The van der Waals surface area contributed by atoms with E-state index in [1.807, 2.05) is 0 Å². The van der Waals surface area contributed by atoms with Crippen molar-refractivity contribution >= 4 is 11.4 Å². The molecular weight excluding hydrogens is 322 g/mol. The Kier molecular flexibility index (Phi) is 6.92. The third kappa shape index (κ3) is 4.77. The molecule has 1 atom stereocenters. The zero-order valence-electron chi connectivity index (χ0n) is 16.0. The zero-order chi connectivity index (χ0) is 18.2. The number of hydrogen-bond acceptors (Lipinski definition) is 4. The van der Waals surface area contributed by atoms with Crippen LogP contribution in [0.4, 0.5) is 11.4 Å². The van der Waals surface area contributed by atoms with Crippen molar-refractivity contribution in [3.8, 4) is 0 Å². The van der Waals surface area contributed by atoms with Crippen LogP contribution in [0.25, 0.3) is 0 Å². The van der Waals surface area contributed by atoms with Gasteiger partial charge in [-0.3, -0.25) is 0 Å². The first kappa shape index (κ1) is 18.7. The van der Waals surface area contributed by atoms with E-state index in [0.717, 1.165) is 45.8 Å². The minimum atomic E-state index is 0.346. The fraction of sp³-hybridized carbons (Fsp3) is 0.455. The normalized spacial score (nSPS) is 15.7. The second-order valence-electron chi connectivity index (χ2n) is 6.88. The van der Waals surface area contributed by atoms with Gasteiger partial charge in [0.25, 0.3) is 0 Å². The first-order valence-corrected chi connectivity index (χ1v) is 9.68. The van der Waals surface area contributed by atoms with Crippen LogP contribution in [-0.4, -0.2) is 46.4 Å². The van der Waals surface area contributed by atoms with E-state index < -0.39 is 0 Å². The molecule has 1 saturated heterocycles. The maximum absolute atomic E-state index is 5.44. The van der Waals surface area contributed by atoms with Gasteiger partial charge in [-0.25, -0.2) is 0 Å².